The van der Waals surface area contributed by atoms with Crippen LogP contribution >= 0.6 is 0 Å². The normalized spacial score (nSPS) is 13.8. The standard InChI is InChI=1S/C16H18N/c1-12-6-3-4-9-15(12)16-10-13-7-5-8-14(13)11-17(16)2/h3-4,6,9-11H,5,7-8H2,1-2H3/q+1. The molecular formula is C16H18N+. The van der Waals surface area contributed by atoms with Gasteiger partial charge < -0.3 is 0 Å². The molecule has 0 bridgehead atoms. The summed E-state index contributed by atoms with van der Waals surface area (Å²) in [5.74, 6) is 0. The highest BCUT2D eigenvalue weighted by Gasteiger charge is 2.19. The van der Waals surface area contributed by atoms with E-state index in [1.807, 2.05) is 0 Å². The van der Waals surface area contributed by atoms with Gasteiger partial charge in [0.1, 0.15) is 7.05 Å². The van der Waals surface area contributed by atoms with Crippen LogP contribution in [0.25, 0.3) is 11.3 Å². The maximum atomic E-state index is 2.38. The molecule has 0 spiro atoms. The Morgan fingerprint density at radius 3 is 2.65 bits per heavy atom. The van der Waals surface area contributed by atoms with Crippen LogP contribution in [0.15, 0.2) is 36.5 Å². The van der Waals surface area contributed by atoms with E-state index in [1.165, 1.54) is 41.6 Å². The van der Waals surface area contributed by atoms with Crippen LogP contribution in [0.2, 0.25) is 0 Å². The van der Waals surface area contributed by atoms with E-state index in [-0.39, 0.29) is 0 Å². The fourth-order valence-electron chi connectivity index (χ4n) is 2.80. The Balaban J connectivity index is 2.19. The van der Waals surface area contributed by atoms with E-state index < -0.39 is 0 Å². The van der Waals surface area contributed by atoms with Crippen molar-refractivity contribution in [3.05, 3.63) is 53.2 Å². The topological polar surface area (TPSA) is 3.88 Å². The lowest BCUT2D eigenvalue weighted by atomic mass is 10.0. The van der Waals surface area contributed by atoms with Crippen LogP contribution in [0.3, 0.4) is 0 Å². The predicted molar refractivity (Wildman–Crippen MR) is 69.8 cm³/mol. The number of benzene rings is 1. The first-order valence-corrected chi connectivity index (χ1v) is 6.33. The van der Waals surface area contributed by atoms with Crippen LogP contribution in [0.4, 0.5) is 0 Å². The van der Waals surface area contributed by atoms with Gasteiger partial charge in [-0.1, -0.05) is 18.2 Å². The smallest absolute Gasteiger partial charge is 0.201 e. The SMILES string of the molecule is Cc1ccccc1-c1cc2c(c[n+]1C)CCC2. The Morgan fingerprint density at radius 2 is 1.82 bits per heavy atom. The molecule has 0 radical (unpaired) electrons. The van der Waals surface area contributed by atoms with Crippen LogP contribution in [-0.2, 0) is 19.9 Å². The number of aromatic nitrogens is 1. The fraction of sp³-hybridized carbons (Fsp3) is 0.312. The molecule has 0 N–H and O–H groups in total. The second-order valence-corrected chi connectivity index (χ2v) is 4.99. The van der Waals surface area contributed by atoms with Crippen molar-refractivity contribution in [3.8, 4) is 11.3 Å². The first kappa shape index (κ1) is 10.5. The predicted octanol–water partition coefficient (Wildman–Crippen LogP) is 2.98. The Morgan fingerprint density at radius 1 is 1.06 bits per heavy atom. The van der Waals surface area contributed by atoms with E-state index in [9.17, 15) is 0 Å². The summed E-state index contributed by atoms with van der Waals surface area (Å²) >= 11 is 0. The Bertz CT molecular complexity index is 570. The Labute approximate surface area is 103 Å². The molecule has 1 aromatic heterocycles. The van der Waals surface area contributed by atoms with Crippen LogP contribution in [-0.4, -0.2) is 0 Å². The maximum Gasteiger partial charge on any atom is 0.212 e. The van der Waals surface area contributed by atoms with E-state index >= 15 is 0 Å². The molecule has 0 aliphatic heterocycles. The van der Waals surface area contributed by atoms with Gasteiger partial charge >= 0.3 is 0 Å². The zero-order chi connectivity index (χ0) is 11.8. The highest BCUT2D eigenvalue weighted by atomic mass is 14.9. The van der Waals surface area contributed by atoms with E-state index in [2.05, 4.69) is 55.1 Å². The van der Waals surface area contributed by atoms with Crippen LogP contribution in [0.1, 0.15) is 23.1 Å². The van der Waals surface area contributed by atoms with Crippen molar-refractivity contribution in [2.45, 2.75) is 26.2 Å². The summed E-state index contributed by atoms with van der Waals surface area (Å²) < 4.78 is 2.27. The highest BCUT2D eigenvalue weighted by molar-refractivity contribution is 5.61. The molecule has 0 unspecified atom stereocenters. The molecule has 1 aliphatic carbocycles. The highest BCUT2D eigenvalue weighted by Crippen LogP contribution is 2.26. The summed E-state index contributed by atoms with van der Waals surface area (Å²) in [7, 11) is 2.15. The molecule has 3 rings (SSSR count). The molecule has 0 atom stereocenters. The average molecular weight is 224 g/mol. The summed E-state index contributed by atoms with van der Waals surface area (Å²) in [6.07, 6.45) is 6.11. The summed E-state index contributed by atoms with van der Waals surface area (Å²) in [6, 6.07) is 11.0. The molecule has 1 aliphatic rings. The van der Waals surface area contributed by atoms with Gasteiger partial charge in [0.15, 0.2) is 6.20 Å². The van der Waals surface area contributed by atoms with Crippen LogP contribution in [0, 0.1) is 6.92 Å². The number of rotatable bonds is 1. The minimum absolute atomic E-state index is 1.25. The number of hydrogen-bond donors (Lipinski definition) is 0. The van der Waals surface area contributed by atoms with Gasteiger partial charge in [0.25, 0.3) is 0 Å². The van der Waals surface area contributed by atoms with Crippen LogP contribution in [0.5, 0.6) is 0 Å². The van der Waals surface area contributed by atoms with Crippen molar-refractivity contribution in [1.29, 1.82) is 0 Å². The number of aryl methyl sites for hydroxylation is 4. The lowest BCUT2D eigenvalue weighted by Crippen LogP contribution is -2.31. The van der Waals surface area contributed by atoms with Crippen molar-refractivity contribution in [2.75, 3.05) is 0 Å². The molecule has 0 saturated carbocycles. The molecule has 1 nitrogen and oxygen atoms in total. The molecule has 1 heteroatoms. The van der Waals surface area contributed by atoms with Crippen molar-refractivity contribution in [1.82, 2.24) is 0 Å². The summed E-state index contributed by atoms with van der Waals surface area (Å²) in [6.45, 7) is 2.18. The Kier molecular flexibility index (Phi) is 2.47. The molecule has 17 heavy (non-hydrogen) atoms. The lowest BCUT2D eigenvalue weighted by Gasteiger charge is -2.06. The molecule has 0 amide bonds. The van der Waals surface area contributed by atoms with Gasteiger partial charge in [0, 0.05) is 17.2 Å². The van der Waals surface area contributed by atoms with Crippen molar-refractivity contribution in [3.63, 3.8) is 0 Å². The van der Waals surface area contributed by atoms with Gasteiger partial charge in [-0.05, 0) is 43.4 Å². The largest absolute Gasteiger partial charge is 0.212 e. The zero-order valence-corrected chi connectivity index (χ0v) is 10.5. The lowest BCUT2D eigenvalue weighted by molar-refractivity contribution is -0.660. The summed E-state index contributed by atoms with van der Waals surface area (Å²) in [4.78, 5) is 0. The quantitative estimate of drug-likeness (QED) is 0.656. The van der Waals surface area contributed by atoms with Gasteiger partial charge in [0.05, 0.1) is 0 Å². The van der Waals surface area contributed by atoms with Crippen molar-refractivity contribution >= 4 is 0 Å². The number of pyridine rings is 1. The molecule has 0 fully saturated rings. The fourth-order valence-corrected chi connectivity index (χ4v) is 2.80. The first-order valence-electron chi connectivity index (χ1n) is 6.33. The summed E-state index contributed by atoms with van der Waals surface area (Å²) in [5, 5.41) is 0. The van der Waals surface area contributed by atoms with Crippen LogP contribution < -0.4 is 4.57 Å². The number of fused-ring (bicyclic) bond motifs is 1. The van der Waals surface area contributed by atoms with E-state index in [0.717, 1.165) is 0 Å². The minimum atomic E-state index is 1.25. The third-order valence-corrected chi connectivity index (χ3v) is 3.77. The van der Waals surface area contributed by atoms with E-state index in [1.54, 1.807) is 5.56 Å². The average Bonchev–Trinajstić information content (AvgIpc) is 2.76. The van der Waals surface area contributed by atoms with Gasteiger partial charge in [-0.15, -0.1) is 0 Å². The van der Waals surface area contributed by atoms with E-state index in [4.69, 9.17) is 0 Å². The molecule has 86 valence electrons. The molecule has 0 saturated heterocycles. The molecule has 1 aromatic carbocycles. The summed E-state index contributed by atoms with van der Waals surface area (Å²) in [5.41, 5.74) is 7.11. The molecular weight excluding hydrogens is 206 g/mol. The monoisotopic (exact) mass is 224 g/mol. The molecule has 2 aromatic rings. The number of nitrogens with zero attached hydrogens (tertiary/aromatic N) is 1. The van der Waals surface area contributed by atoms with E-state index in [0.29, 0.717) is 0 Å². The van der Waals surface area contributed by atoms with Gasteiger partial charge in [-0.25, -0.2) is 4.57 Å². The second kappa shape index (κ2) is 3.99. The zero-order valence-electron chi connectivity index (χ0n) is 10.5. The van der Waals surface area contributed by atoms with Gasteiger partial charge in [-0.3, -0.25) is 0 Å². The van der Waals surface area contributed by atoms with Crippen molar-refractivity contribution < 1.29 is 4.57 Å². The first-order chi connectivity index (χ1) is 8.25. The van der Waals surface area contributed by atoms with Crippen molar-refractivity contribution in [2.24, 2.45) is 7.05 Å². The third-order valence-electron chi connectivity index (χ3n) is 3.77. The minimum Gasteiger partial charge on any atom is -0.201 e. The number of hydrogen-bond acceptors (Lipinski definition) is 0. The van der Waals surface area contributed by atoms with Gasteiger partial charge in [-0.2, -0.15) is 0 Å². The Hall–Kier alpha value is -1.63. The third kappa shape index (κ3) is 1.76. The maximum absolute atomic E-state index is 2.38. The molecule has 1 heterocycles. The second-order valence-electron chi connectivity index (χ2n) is 4.99. The van der Waals surface area contributed by atoms with Gasteiger partial charge in [0.2, 0.25) is 5.69 Å².